The third-order valence-corrected chi connectivity index (χ3v) is 7.29. The first-order valence-corrected chi connectivity index (χ1v) is 9.72. The normalized spacial score (nSPS) is 41.0. The number of hydrogen-bond donors (Lipinski definition) is 0. The molecule has 7 atom stereocenters. The Labute approximate surface area is 144 Å². The average molecular weight is 322 g/mol. The van der Waals surface area contributed by atoms with Crippen LogP contribution in [0.25, 0.3) is 0 Å². The molecule has 0 radical (unpaired) electrons. The third-order valence-electron chi connectivity index (χ3n) is 7.29. The average Bonchev–Trinajstić information content (AvgIpc) is 3.38. The maximum atomic E-state index is 12.5. The van der Waals surface area contributed by atoms with Crippen LogP contribution >= 0.6 is 0 Å². The van der Waals surface area contributed by atoms with E-state index in [1.54, 1.807) is 0 Å². The van der Waals surface area contributed by atoms with Crippen LogP contribution in [0.1, 0.15) is 54.4 Å². The number of rotatable bonds is 4. The first-order valence-electron chi connectivity index (χ1n) is 9.72. The minimum atomic E-state index is -0.125. The van der Waals surface area contributed by atoms with Crippen LogP contribution in [0.5, 0.6) is 0 Å². The Balaban J connectivity index is 1.44. The van der Waals surface area contributed by atoms with Gasteiger partial charge in [-0.1, -0.05) is 37.3 Å². The number of ether oxygens (including phenoxy) is 1. The van der Waals surface area contributed by atoms with Gasteiger partial charge in [0, 0.05) is 0 Å². The van der Waals surface area contributed by atoms with E-state index in [4.69, 9.17) is 4.74 Å². The minimum absolute atomic E-state index is 0.125. The SMILES string of the molecule is CCCOC(=O)c1ccccc1C1CC2CC1C1C3C=CC(C3)C21. The second-order valence-corrected chi connectivity index (χ2v) is 8.33. The lowest BCUT2D eigenvalue weighted by Gasteiger charge is -2.37. The maximum Gasteiger partial charge on any atom is 0.338 e. The zero-order valence-electron chi connectivity index (χ0n) is 14.4. The highest BCUT2D eigenvalue weighted by Crippen LogP contribution is 2.68. The molecule has 126 valence electrons. The molecule has 1 aromatic rings. The molecule has 0 saturated heterocycles. The lowest BCUT2D eigenvalue weighted by molar-refractivity contribution is 0.0502. The first-order chi connectivity index (χ1) is 11.8. The standard InChI is InChI=1S/C22H26O2/c1-2-9-24-22(23)17-6-4-3-5-16(17)18-11-15-12-19(18)21-14-8-7-13(10-14)20(15)21/h3-8,13-15,18-21H,2,9-12H2,1H3. The van der Waals surface area contributed by atoms with Crippen molar-refractivity contribution in [1.29, 1.82) is 0 Å². The zero-order valence-corrected chi connectivity index (χ0v) is 14.4. The van der Waals surface area contributed by atoms with Crippen molar-refractivity contribution in [3.63, 3.8) is 0 Å². The molecule has 2 nitrogen and oxygen atoms in total. The van der Waals surface area contributed by atoms with Gasteiger partial charge >= 0.3 is 5.97 Å². The highest BCUT2D eigenvalue weighted by molar-refractivity contribution is 5.91. The quantitative estimate of drug-likeness (QED) is 0.451. The second kappa shape index (κ2) is 5.47. The molecule has 24 heavy (non-hydrogen) atoms. The van der Waals surface area contributed by atoms with Gasteiger partial charge in [0.25, 0.3) is 0 Å². The van der Waals surface area contributed by atoms with E-state index in [1.165, 1.54) is 24.8 Å². The van der Waals surface area contributed by atoms with Crippen LogP contribution < -0.4 is 0 Å². The van der Waals surface area contributed by atoms with E-state index in [1.807, 2.05) is 19.1 Å². The van der Waals surface area contributed by atoms with Crippen LogP contribution in [0.2, 0.25) is 0 Å². The molecule has 0 aromatic heterocycles. The second-order valence-electron chi connectivity index (χ2n) is 8.33. The van der Waals surface area contributed by atoms with E-state index in [0.717, 1.165) is 47.5 Å². The van der Waals surface area contributed by atoms with Crippen LogP contribution in [0.3, 0.4) is 0 Å². The van der Waals surface area contributed by atoms with Crippen molar-refractivity contribution >= 4 is 5.97 Å². The van der Waals surface area contributed by atoms with Gasteiger partial charge in [-0.3, -0.25) is 0 Å². The van der Waals surface area contributed by atoms with Gasteiger partial charge in [-0.25, -0.2) is 4.79 Å². The molecule has 0 spiro atoms. The summed E-state index contributed by atoms with van der Waals surface area (Å²) < 4.78 is 5.44. The van der Waals surface area contributed by atoms with Gasteiger partial charge in [-0.2, -0.15) is 0 Å². The van der Waals surface area contributed by atoms with Gasteiger partial charge in [-0.15, -0.1) is 0 Å². The molecule has 4 aliphatic rings. The summed E-state index contributed by atoms with van der Waals surface area (Å²) in [5.41, 5.74) is 2.08. The Hall–Kier alpha value is -1.57. The molecule has 1 aromatic carbocycles. The van der Waals surface area contributed by atoms with Gasteiger partial charge in [0.1, 0.15) is 0 Å². The molecule has 5 rings (SSSR count). The summed E-state index contributed by atoms with van der Waals surface area (Å²) in [6.45, 7) is 2.56. The Morgan fingerprint density at radius 2 is 1.88 bits per heavy atom. The van der Waals surface area contributed by atoms with Crippen molar-refractivity contribution in [2.45, 2.75) is 38.5 Å². The summed E-state index contributed by atoms with van der Waals surface area (Å²) in [7, 11) is 0. The summed E-state index contributed by atoms with van der Waals surface area (Å²) in [6.07, 6.45) is 9.92. The van der Waals surface area contributed by atoms with Gasteiger partial charge in [0.05, 0.1) is 12.2 Å². The van der Waals surface area contributed by atoms with Gasteiger partial charge < -0.3 is 4.74 Å². The first kappa shape index (κ1) is 14.7. The molecule has 0 aliphatic heterocycles. The molecule has 0 N–H and O–H groups in total. The number of carbonyl (C=O) groups excluding carboxylic acids is 1. The van der Waals surface area contributed by atoms with Gasteiger partial charge in [-0.05, 0) is 78.7 Å². The van der Waals surface area contributed by atoms with Crippen molar-refractivity contribution in [3.05, 3.63) is 47.5 Å². The summed E-state index contributed by atoms with van der Waals surface area (Å²) in [5.74, 6) is 5.60. The van der Waals surface area contributed by atoms with E-state index >= 15 is 0 Å². The number of allylic oxidation sites excluding steroid dienone is 2. The molecular formula is C22H26O2. The van der Waals surface area contributed by atoms with E-state index in [-0.39, 0.29) is 5.97 Å². The van der Waals surface area contributed by atoms with E-state index in [0.29, 0.717) is 12.5 Å². The Morgan fingerprint density at radius 3 is 2.71 bits per heavy atom. The van der Waals surface area contributed by atoms with Crippen molar-refractivity contribution in [3.8, 4) is 0 Å². The van der Waals surface area contributed by atoms with Crippen molar-refractivity contribution in [2.24, 2.45) is 35.5 Å². The van der Waals surface area contributed by atoms with Crippen LogP contribution in [0.15, 0.2) is 36.4 Å². The summed E-state index contributed by atoms with van der Waals surface area (Å²) in [4.78, 5) is 12.5. The van der Waals surface area contributed by atoms with Crippen LogP contribution in [-0.2, 0) is 4.74 Å². The van der Waals surface area contributed by atoms with Crippen molar-refractivity contribution in [1.82, 2.24) is 0 Å². The van der Waals surface area contributed by atoms with E-state index in [2.05, 4.69) is 24.3 Å². The highest BCUT2D eigenvalue weighted by atomic mass is 16.5. The Morgan fingerprint density at radius 1 is 1.08 bits per heavy atom. The number of hydrogen-bond acceptors (Lipinski definition) is 2. The summed E-state index contributed by atoms with van der Waals surface area (Å²) in [5, 5.41) is 0. The number of esters is 1. The summed E-state index contributed by atoms with van der Waals surface area (Å²) >= 11 is 0. The molecule has 3 fully saturated rings. The predicted molar refractivity (Wildman–Crippen MR) is 93.7 cm³/mol. The zero-order chi connectivity index (χ0) is 16.3. The maximum absolute atomic E-state index is 12.5. The molecule has 3 saturated carbocycles. The van der Waals surface area contributed by atoms with Crippen LogP contribution in [-0.4, -0.2) is 12.6 Å². The largest absolute Gasteiger partial charge is 0.462 e. The fourth-order valence-corrected chi connectivity index (χ4v) is 6.65. The predicted octanol–water partition coefficient (Wildman–Crippen LogP) is 4.82. The Bertz CT molecular complexity index is 691. The minimum Gasteiger partial charge on any atom is -0.462 e. The fourth-order valence-electron chi connectivity index (χ4n) is 6.65. The molecule has 0 heterocycles. The molecule has 2 heteroatoms. The topological polar surface area (TPSA) is 26.3 Å². The summed E-state index contributed by atoms with van der Waals surface area (Å²) in [6, 6.07) is 8.22. The molecule has 0 amide bonds. The smallest absolute Gasteiger partial charge is 0.338 e. The molecular weight excluding hydrogens is 296 g/mol. The van der Waals surface area contributed by atoms with E-state index < -0.39 is 0 Å². The third kappa shape index (κ3) is 1.98. The molecule has 4 bridgehead atoms. The number of fused-ring (bicyclic) bond motifs is 9. The number of benzene rings is 1. The van der Waals surface area contributed by atoms with Crippen LogP contribution in [0, 0.1) is 35.5 Å². The van der Waals surface area contributed by atoms with Crippen molar-refractivity contribution < 1.29 is 9.53 Å². The lowest BCUT2D eigenvalue weighted by Crippen LogP contribution is -2.30. The number of carbonyl (C=O) groups is 1. The van der Waals surface area contributed by atoms with E-state index in [9.17, 15) is 4.79 Å². The van der Waals surface area contributed by atoms with Crippen LogP contribution in [0.4, 0.5) is 0 Å². The Kier molecular flexibility index (Phi) is 3.36. The highest BCUT2D eigenvalue weighted by Gasteiger charge is 2.61. The fraction of sp³-hybridized carbons (Fsp3) is 0.591. The molecule has 7 unspecified atom stereocenters. The van der Waals surface area contributed by atoms with Gasteiger partial charge in [0.15, 0.2) is 0 Å². The monoisotopic (exact) mass is 322 g/mol. The molecule has 4 aliphatic carbocycles. The van der Waals surface area contributed by atoms with Gasteiger partial charge in [0.2, 0.25) is 0 Å². The lowest BCUT2D eigenvalue weighted by atomic mass is 9.67. The van der Waals surface area contributed by atoms with Crippen molar-refractivity contribution in [2.75, 3.05) is 6.61 Å².